The normalized spacial score (nSPS) is 11.2. The second kappa shape index (κ2) is 5.48. The van der Waals surface area contributed by atoms with Gasteiger partial charge in [-0.05, 0) is 29.7 Å². The molecule has 2 rings (SSSR count). The first-order valence-electron chi connectivity index (χ1n) is 6.14. The first kappa shape index (κ1) is 13.0. The molecule has 0 unspecified atom stereocenters. The molecule has 4 nitrogen and oxygen atoms in total. The Bertz CT molecular complexity index is 534. The molecule has 2 heterocycles. The molecule has 96 valence electrons. The Balaban J connectivity index is 2.36. The summed E-state index contributed by atoms with van der Waals surface area (Å²) >= 11 is 6.10. The molecule has 0 bridgehead atoms. The van der Waals surface area contributed by atoms with Crippen molar-refractivity contribution >= 4 is 11.6 Å². The molecule has 2 aromatic heterocycles. The van der Waals surface area contributed by atoms with Crippen molar-refractivity contribution in [2.45, 2.75) is 39.7 Å². The summed E-state index contributed by atoms with van der Waals surface area (Å²) in [6, 6.07) is 4.05. The lowest BCUT2D eigenvalue weighted by Crippen LogP contribution is -2.10. The number of nitrogens with zero attached hydrogens (tertiary/aromatic N) is 4. The van der Waals surface area contributed by atoms with Crippen molar-refractivity contribution in [2.75, 3.05) is 0 Å². The van der Waals surface area contributed by atoms with Crippen molar-refractivity contribution in [1.29, 1.82) is 0 Å². The van der Waals surface area contributed by atoms with Gasteiger partial charge in [0.25, 0.3) is 0 Å². The van der Waals surface area contributed by atoms with E-state index >= 15 is 0 Å². The van der Waals surface area contributed by atoms with E-state index in [1.807, 2.05) is 16.8 Å². The molecule has 0 amide bonds. The molecule has 0 aliphatic carbocycles. The Labute approximate surface area is 112 Å². The topological polar surface area (TPSA) is 43.6 Å². The van der Waals surface area contributed by atoms with Gasteiger partial charge < -0.3 is 0 Å². The van der Waals surface area contributed by atoms with Crippen LogP contribution in [0.25, 0.3) is 0 Å². The van der Waals surface area contributed by atoms with Crippen LogP contribution in [0.4, 0.5) is 0 Å². The molecule has 5 heteroatoms. The number of hydrogen-bond acceptors (Lipinski definition) is 3. The van der Waals surface area contributed by atoms with Crippen LogP contribution < -0.4 is 0 Å². The van der Waals surface area contributed by atoms with Gasteiger partial charge in [-0.25, -0.2) is 0 Å². The lowest BCUT2D eigenvalue weighted by molar-refractivity contribution is 0.657. The minimum absolute atomic E-state index is 0.291. The van der Waals surface area contributed by atoms with E-state index in [1.165, 1.54) is 5.56 Å². The van der Waals surface area contributed by atoms with Crippen LogP contribution in [0.15, 0.2) is 18.3 Å². The van der Waals surface area contributed by atoms with Crippen molar-refractivity contribution in [3.63, 3.8) is 0 Å². The van der Waals surface area contributed by atoms with Gasteiger partial charge in [0, 0.05) is 12.1 Å². The Morgan fingerprint density at radius 1 is 1.33 bits per heavy atom. The highest BCUT2D eigenvalue weighted by Gasteiger charge is 2.15. The van der Waals surface area contributed by atoms with E-state index in [1.54, 1.807) is 0 Å². The van der Waals surface area contributed by atoms with Gasteiger partial charge >= 0.3 is 0 Å². The summed E-state index contributed by atoms with van der Waals surface area (Å²) in [7, 11) is 0. The minimum Gasteiger partial charge on any atom is -0.295 e. The lowest BCUT2D eigenvalue weighted by Gasteiger charge is -2.11. The first-order chi connectivity index (χ1) is 8.63. The third-order valence-electron chi connectivity index (χ3n) is 2.92. The number of pyridine rings is 1. The van der Waals surface area contributed by atoms with Gasteiger partial charge in [-0.1, -0.05) is 26.8 Å². The van der Waals surface area contributed by atoms with Gasteiger partial charge in [0.15, 0.2) is 0 Å². The van der Waals surface area contributed by atoms with Crippen LogP contribution in [0, 0.1) is 0 Å². The molecule has 0 N–H and O–H groups in total. The van der Waals surface area contributed by atoms with E-state index in [9.17, 15) is 0 Å². The molecule has 0 radical (unpaired) electrons. The standard InChI is InChI=1S/C13H17ClN4/c1-4-10-6-5-7-15-11(10)8-18-12(9(2)3)16-17-13(18)14/h5-7,9H,4,8H2,1-3H3. The van der Waals surface area contributed by atoms with Gasteiger partial charge in [0.05, 0.1) is 12.2 Å². The summed E-state index contributed by atoms with van der Waals surface area (Å²) in [6.45, 7) is 6.91. The Hall–Kier alpha value is -1.42. The molecular weight excluding hydrogens is 248 g/mol. The van der Waals surface area contributed by atoms with E-state index in [0.717, 1.165) is 17.9 Å². The van der Waals surface area contributed by atoms with Crippen molar-refractivity contribution in [3.05, 3.63) is 40.7 Å². The monoisotopic (exact) mass is 264 g/mol. The number of aryl methyl sites for hydroxylation is 1. The van der Waals surface area contributed by atoms with Crippen LogP contribution in [-0.2, 0) is 13.0 Å². The summed E-state index contributed by atoms with van der Waals surface area (Å²) in [4.78, 5) is 4.43. The first-order valence-corrected chi connectivity index (χ1v) is 6.52. The third-order valence-corrected chi connectivity index (χ3v) is 3.20. The fourth-order valence-corrected chi connectivity index (χ4v) is 2.14. The number of rotatable bonds is 4. The van der Waals surface area contributed by atoms with E-state index in [4.69, 9.17) is 11.6 Å². The van der Waals surface area contributed by atoms with Gasteiger partial charge in [-0.2, -0.15) is 0 Å². The molecule has 18 heavy (non-hydrogen) atoms. The molecule has 0 aliphatic rings. The highest BCUT2D eigenvalue weighted by Crippen LogP contribution is 2.19. The molecular formula is C13H17ClN4. The number of hydrogen-bond donors (Lipinski definition) is 0. The number of aromatic nitrogens is 4. The Kier molecular flexibility index (Phi) is 3.97. The van der Waals surface area contributed by atoms with Crippen LogP contribution in [0.2, 0.25) is 5.28 Å². The molecule has 0 saturated heterocycles. The molecule has 0 atom stereocenters. The fraction of sp³-hybridized carbons (Fsp3) is 0.462. The molecule has 0 aromatic carbocycles. The van der Waals surface area contributed by atoms with E-state index < -0.39 is 0 Å². The molecule has 0 aliphatic heterocycles. The van der Waals surface area contributed by atoms with E-state index in [-0.39, 0.29) is 0 Å². The van der Waals surface area contributed by atoms with Gasteiger partial charge in [-0.3, -0.25) is 9.55 Å². The average molecular weight is 265 g/mol. The van der Waals surface area contributed by atoms with Gasteiger partial charge in [0.2, 0.25) is 5.28 Å². The van der Waals surface area contributed by atoms with Crippen molar-refractivity contribution < 1.29 is 0 Å². The van der Waals surface area contributed by atoms with Gasteiger partial charge in [-0.15, -0.1) is 10.2 Å². The third kappa shape index (κ3) is 2.53. The number of halogens is 1. The summed E-state index contributed by atoms with van der Waals surface area (Å²) < 4.78 is 1.92. The molecule has 0 fully saturated rings. The second-order valence-corrected chi connectivity index (χ2v) is 4.87. The van der Waals surface area contributed by atoms with Crippen LogP contribution in [-0.4, -0.2) is 19.7 Å². The summed E-state index contributed by atoms with van der Waals surface area (Å²) in [5.74, 6) is 1.19. The fourth-order valence-electron chi connectivity index (χ4n) is 1.95. The predicted molar refractivity (Wildman–Crippen MR) is 71.8 cm³/mol. The summed E-state index contributed by atoms with van der Waals surface area (Å²) in [5.41, 5.74) is 2.26. The van der Waals surface area contributed by atoms with E-state index in [2.05, 4.69) is 42.0 Å². The maximum Gasteiger partial charge on any atom is 0.225 e. The molecule has 0 spiro atoms. The van der Waals surface area contributed by atoms with Crippen molar-refractivity contribution in [1.82, 2.24) is 19.7 Å². The zero-order valence-electron chi connectivity index (χ0n) is 10.9. The highest BCUT2D eigenvalue weighted by atomic mass is 35.5. The van der Waals surface area contributed by atoms with E-state index in [0.29, 0.717) is 17.7 Å². The van der Waals surface area contributed by atoms with Crippen LogP contribution in [0.5, 0.6) is 0 Å². The molecule has 2 aromatic rings. The Morgan fingerprint density at radius 3 is 2.78 bits per heavy atom. The molecule has 0 saturated carbocycles. The smallest absolute Gasteiger partial charge is 0.225 e. The van der Waals surface area contributed by atoms with Crippen LogP contribution in [0.1, 0.15) is 43.8 Å². The minimum atomic E-state index is 0.291. The maximum atomic E-state index is 6.10. The second-order valence-electron chi connectivity index (χ2n) is 4.53. The van der Waals surface area contributed by atoms with Crippen molar-refractivity contribution in [2.24, 2.45) is 0 Å². The zero-order valence-corrected chi connectivity index (χ0v) is 11.6. The van der Waals surface area contributed by atoms with Gasteiger partial charge in [0.1, 0.15) is 5.82 Å². The average Bonchev–Trinajstić information content (AvgIpc) is 2.72. The summed E-state index contributed by atoms with van der Waals surface area (Å²) in [5, 5.41) is 8.48. The SMILES string of the molecule is CCc1cccnc1Cn1c(Cl)nnc1C(C)C. The maximum absolute atomic E-state index is 6.10. The largest absolute Gasteiger partial charge is 0.295 e. The highest BCUT2D eigenvalue weighted by molar-refractivity contribution is 6.28. The van der Waals surface area contributed by atoms with Crippen LogP contribution >= 0.6 is 11.6 Å². The Morgan fingerprint density at radius 2 is 2.11 bits per heavy atom. The summed E-state index contributed by atoms with van der Waals surface area (Å²) in [6.07, 6.45) is 2.77. The zero-order chi connectivity index (χ0) is 13.1. The predicted octanol–water partition coefficient (Wildman–Crippen LogP) is 3.06. The van der Waals surface area contributed by atoms with Crippen LogP contribution in [0.3, 0.4) is 0 Å². The van der Waals surface area contributed by atoms with Crippen molar-refractivity contribution in [3.8, 4) is 0 Å². The quantitative estimate of drug-likeness (QED) is 0.852. The lowest BCUT2D eigenvalue weighted by atomic mass is 10.1.